The maximum Gasteiger partial charge on any atom is 0.275 e. The van der Waals surface area contributed by atoms with Crippen LogP contribution in [-0.4, -0.2) is 27.5 Å². The molecule has 1 aromatic heterocycles. The Hall–Kier alpha value is -2.77. The second kappa shape index (κ2) is 8.95. The summed E-state index contributed by atoms with van der Waals surface area (Å²) in [5.41, 5.74) is 7.82. The van der Waals surface area contributed by atoms with Gasteiger partial charge in [-0.05, 0) is 42.3 Å². The molecule has 0 bridgehead atoms. The molecule has 28 heavy (non-hydrogen) atoms. The van der Waals surface area contributed by atoms with Crippen LogP contribution in [0.25, 0.3) is 0 Å². The molecule has 0 radical (unpaired) electrons. The van der Waals surface area contributed by atoms with Crippen LogP contribution in [0.1, 0.15) is 28.5 Å². The maximum absolute atomic E-state index is 12.4. The van der Waals surface area contributed by atoms with Gasteiger partial charge in [-0.2, -0.15) is 0 Å². The molecule has 0 saturated heterocycles. The number of amides is 1. The highest BCUT2D eigenvalue weighted by Gasteiger charge is 2.18. The molecule has 3 rings (SSSR count). The lowest BCUT2D eigenvalue weighted by atomic mass is 10.2. The molecule has 146 valence electrons. The summed E-state index contributed by atoms with van der Waals surface area (Å²) >= 11 is 12.0. The van der Waals surface area contributed by atoms with E-state index in [0.717, 1.165) is 16.9 Å². The van der Waals surface area contributed by atoms with Crippen molar-refractivity contribution >= 4 is 34.9 Å². The van der Waals surface area contributed by atoms with Crippen LogP contribution in [0.3, 0.4) is 0 Å². The Kier molecular flexibility index (Phi) is 6.38. The molecule has 2 aromatic carbocycles. The first-order chi connectivity index (χ1) is 13.5. The molecule has 1 amide bonds. The fourth-order valence-corrected chi connectivity index (χ4v) is 3.03. The summed E-state index contributed by atoms with van der Waals surface area (Å²) in [6.45, 7) is 3.15. The standard InChI is InChI=1S/C19H19Cl2N5O2/c1-2-28-15-7-3-12(4-8-15)11-26-18(22)17(24-25-26)19(27)23-10-13-5-6-14(20)9-16(13)21/h3-9H,2,10-11,22H2,1H3,(H,23,27). The number of hydrogen-bond donors (Lipinski definition) is 2. The van der Waals surface area contributed by atoms with Crippen LogP contribution in [0, 0.1) is 0 Å². The monoisotopic (exact) mass is 419 g/mol. The number of nitrogens with zero attached hydrogens (tertiary/aromatic N) is 3. The van der Waals surface area contributed by atoms with Crippen LogP contribution in [-0.2, 0) is 13.1 Å². The van der Waals surface area contributed by atoms with E-state index in [9.17, 15) is 4.79 Å². The Morgan fingerprint density at radius 1 is 1.21 bits per heavy atom. The number of nitrogens with one attached hydrogen (secondary N) is 1. The van der Waals surface area contributed by atoms with Gasteiger partial charge in [0.1, 0.15) is 5.75 Å². The van der Waals surface area contributed by atoms with Crippen LogP contribution in [0.15, 0.2) is 42.5 Å². The fourth-order valence-electron chi connectivity index (χ4n) is 2.55. The first-order valence-corrected chi connectivity index (χ1v) is 9.36. The van der Waals surface area contributed by atoms with E-state index in [4.69, 9.17) is 33.7 Å². The summed E-state index contributed by atoms with van der Waals surface area (Å²) in [5, 5.41) is 11.6. The minimum atomic E-state index is -0.429. The fraction of sp³-hybridized carbons (Fsp3) is 0.211. The molecular weight excluding hydrogens is 401 g/mol. The van der Waals surface area contributed by atoms with Crippen molar-refractivity contribution in [2.24, 2.45) is 0 Å². The van der Waals surface area contributed by atoms with Gasteiger partial charge in [-0.1, -0.05) is 46.6 Å². The van der Waals surface area contributed by atoms with Gasteiger partial charge in [-0.25, -0.2) is 4.68 Å². The quantitative estimate of drug-likeness (QED) is 0.610. The zero-order valence-corrected chi connectivity index (χ0v) is 16.7. The van der Waals surface area contributed by atoms with Crippen molar-refractivity contribution < 1.29 is 9.53 Å². The normalized spacial score (nSPS) is 10.7. The topological polar surface area (TPSA) is 95.1 Å². The van der Waals surface area contributed by atoms with Crippen LogP contribution < -0.4 is 15.8 Å². The first kappa shape index (κ1) is 20.0. The molecule has 0 aliphatic heterocycles. The lowest BCUT2D eigenvalue weighted by molar-refractivity contribution is 0.0947. The molecule has 0 unspecified atom stereocenters. The second-order valence-electron chi connectivity index (χ2n) is 5.98. The summed E-state index contributed by atoms with van der Waals surface area (Å²) in [6, 6.07) is 12.6. The number of anilines is 1. The first-order valence-electron chi connectivity index (χ1n) is 8.60. The van der Waals surface area contributed by atoms with E-state index in [1.54, 1.807) is 18.2 Å². The van der Waals surface area contributed by atoms with Gasteiger partial charge in [-0.15, -0.1) is 5.10 Å². The van der Waals surface area contributed by atoms with Crippen molar-refractivity contribution in [3.63, 3.8) is 0 Å². The summed E-state index contributed by atoms with van der Waals surface area (Å²) in [4.78, 5) is 12.4. The Balaban J connectivity index is 1.65. The zero-order valence-electron chi connectivity index (χ0n) is 15.2. The number of hydrogen-bond acceptors (Lipinski definition) is 5. The molecule has 0 spiro atoms. The minimum absolute atomic E-state index is 0.0658. The Morgan fingerprint density at radius 3 is 2.64 bits per heavy atom. The van der Waals surface area contributed by atoms with E-state index in [2.05, 4.69) is 15.6 Å². The van der Waals surface area contributed by atoms with Crippen molar-refractivity contribution in [1.82, 2.24) is 20.3 Å². The van der Waals surface area contributed by atoms with Crippen LogP contribution in [0.5, 0.6) is 5.75 Å². The van der Waals surface area contributed by atoms with Crippen molar-refractivity contribution in [1.29, 1.82) is 0 Å². The number of benzene rings is 2. The number of halogens is 2. The Labute approximate surface area is 172 Å². The number of nitrogen functional groups attached to an aromatic ring is 1. The average molecular weight is 420 g/mol. The number of carbonyl (C=O) groups is 1. The van der Waals surface area contributed by atoms with E-state index in [-0.39, 0.29) is 18.1 Å². The number of ether oxygens (including phenoxy) is 1. The van der Waals surface area contributed by atoms with Gasteiger partial charge in [0.25, 0.3) is 5.91 Å². The largest absolute Gasteiger partial charge is 0.494 e. The average Bonchev–Trinajstić information content (AvgIpc) is 3.03. The van der Waals surface area contributed by atoms with Gasteiger partial charge in [0.2, 0.25) is 0 Å². The molecule has 0 aliphatic rings. The molecule has 3 aromatic rings. The number of nitrogens with two attached hydrogens (primary N) is 1. The lowest BCUT2D eigenvalue weighted by Gasteiger charge is -2.07. The van der Waals surface area contributed by atoms with Gasteiger partial charge in [0.05, 0.1) is 13.2 Å². The zero-order chi connectivity index (χ0) is 20.1. The van der Waals surface area contributed by atoms with Crippen molar-refractivity contribution in [3.8, 4) is 5.75 Å². The summed E-state index contributed by atoms with van der Waals surface area (Å²) in [6.07, 6.45) is 0. The molecule has 0 aliphatic carbocycles. The van der Waals surface area contributed by atoms with E-state index in [1.807, 2.05) is 31.2 Å². The Morgan fingerprint density at radius 2 is 1.96 bits per heavy atom. The van der Waals surface area contributed by atoms with Crippen molar-refractivity contribution in [2.75, 3.05) is 12.3 Å². The second-order valence-corrected chi connectivity index (χ2v) is 6.82. The van der Waals surface area contributed by atoms with Crippen LogP contribution in [0.4, 0.5) is 5.82 Å². The van der Waals surface area contributed by atoms with Crippen molar-refractivity contribution in [2.45, 2.75) is 20.0 Å². The maximum atomic E-state index is 12.4. The predicted octanol–water partition coefficient (Wildman–Crippen LogP) is 3.54. The summed E-state index contributed by atoms with van der Waals surface area (Å²) < 4.78 is 6.89. The lowest BCUT2D eigenvalue weighted by Crippen LogP contribution is -2.24. The molecule has 0 atom stereocenters. The number of carbonyl (C=O) groups excluding carboxylic acids is 1. The third-order valence-electron chi connectivity index (χ3n) is 4.01. The molecule has 9 heteroatoms. The molecule has 7 nitrogen and oxygen atoms in total. The molecule has 0 fully saturated rings. The SMILES string of the molecule is CCOc1ccc(Cn2nnc(C(=O)NCc3ccc(Cl)cc3Cl)c2N)cc1. The minimum Gasteiger partial charge on any atom is -0.494 e. The van der Waals surface area contributed by atoms with E-state index in [0.29, 0.717) is 23.2 Å². The van der Waals surface area contributed by atoms with Gasteiger partial charge < -0.3 is 15.8 Å². The molecule has 3 N–H and O–H groups in total. The summed E-state index contributed by atoms with van der Waals surface area (Å²) in [7, 11) is 0. The third-order valence-corrected chi connectivity index (χ3v) is 4.60. The highest BCUT2D eigenvalue weighted by atomic mass is 35.5. The van der Waals surface area contributed by atoms with Crippen molar-refractivity contribution in [3.05, 3.63) is 69.3 Å². The van der Waals surface area contributed by atoms with Gasteiger partial charge in [0, 0.05) is 16.6 Å². The van der Waals surface area contributed by atoms with Crippen LogP contribution >= 0.6 is 23.2 Å². The van der Waals surface area contributed by atoms with Gasteiger partial charge in [0.15, 0.2) is 11.5 Å². The predicted molar refractivity (Wildman–Crippen MR) is 109 cm³/mol. The van der Waals surface area contributed by atoms with Gasteiger partial charge >= 0.3 is 0 Å². The van der Waals surface area contributed by atoms with E-state index < -0.39 is 5.91 Å². The molecule has 0 saturated carbocycles. The highest BCUT2D eigenvalue weighted by Crippen LogP contribution is 2.21. The highest BCUT2D eigenvalue weighted by molar-refractivity contribution is 6.35. The molecule has 1 heterocycles. The smallest absolute Gasteiger partial charge is 0.275 e. The summed E-state index contributed by atoms with van der Waals surface area (Å²) in [5.74, 6) is 0.550. The van der Waals surface area contributed by atoms with E-state index in [1.165, 1.54) is 4.68 Å². The number of aromatic nitrogens is 3. The third kappa shape index (κ3) is 4.74. The van der Waals surface area contributed by atoms with Crippen LogP contribution in [0.2, 0.25) is 10.0 Å². The van der Waals surface area contributed by atoms with Gasteiger partial charge in [-0.3, -0.25) is 4.79 Å². The van der Waals surface area contributed by atoms with E-state index >= 15 is 0 Å². The Bertz CT molecular complexity index is 973. The molecular formula is C19H19Cl2N5O2. The number of rotatable bonds is 7.